The van der Waals surface area contributed by atoms with Gasteiger partial charge in [-0.2, -0.15) is 0 Å². The quantitative estimate of drug-likeness (QED) is 0.866. The van der Waals surface area contributed by atoms with Gasteiger partial charge in [-0.15, -0.1) is 11.3 Å². The lowest BCUT2D eigenvalue weighted by molar-refractivity contribution is 0.651. The number of halogens is 1. The molecule has 1 aromatic heterocycles. The van der Waals surface area contributed by atoms with Gasteiger partial charge in [0.15, 0.2) is 0 Å². The highest BCUT2D eigenvalue weighted by Gasteiger charge is 2.14. The van der Waals surface area contributed by atoms with Crippen LogP contribution in [0.4, 0.5) is 0 Å². The zero-order valence-corrected chi connectivity index (χ0v) is 11.2. The molecule has 1 aromatic rings. The van der Waals surface area contributed by atoms with E-state index in [-0.39, 0.29) is 0 Å². The Labute approximate surface area is 98.8 Å². The highest BCUT2D eigenvalue weighted by Crippen LogP contribution is 2.36. The van der Waals surface area contributed by atoms with Gasteiger partial charge in [0.2, 0.25) is 0 Å². The summed E-state index contributed by atoms with van der Waals surface area (Å²) in [6, 6.07) is 2.23. The lowest BCUT2D eigenvalue weighted by Crippen LogP contribution is -2.00. The molecular formula is C11H18BrNS. The summed E-state index contributed by atoms with van der Waals surface area (Å²) in [6.45, 7) is 5.25. The SMILES string of the molecule is CCC(CC)c1sc(CCN)cc1Br. The van der Waals surface area contributed by atoms with E-state index >= 15 is 0 Å². The summed E-state index contributed by atoms with van der Waals surface area (Å²) in [5.74, 6) is 0.709. The third-order valence-electron chi connectivity index (χ3n) is 2.51. The largest absolute Gasteiger partial charge is 0.330 e. The molecule has 0 bridgehead atoms. The van der Waals surface area contributed by atoms with Crippen molar-refractivity contribution in [3.63, 3.8) is 0 Å². The monoisotopic (exact) mass is 275 g/mol. The summed E-state index contributed by atoms with van der Waals surface area (Å²) in [6.07, 6.45) is 3.44. The van der Waals surface area contributed by atoms with Crippen LogP contribution in [0.15, 0.2) is 10.5 Å². The highest BCUT2D eigenvalue weighted by atomic mass is 79.9. The molecule has 0 aliphatic carbocycles. The van der Waals surface area contributed by atoms with Crippen molar-refractivity contribution in [1.29, 1.82) is 0 Å². The van der Waals surface area contributed by atoms with E-state index in [0.29, 0.717) is 5.92 Å². The van der Waals surface area contributed by atoms with Crippen molar-refractivity contribution in [2.75, 3.05) is 6.54 Å². The number of nitrogens with two attached hydrogens (primary N) is 1. The fourth-order valence-electron chi connectivity index (χ4n) is 1.64. The van der Waals surface area contributed by atoms with Crippen LogP contribution in [-0.4, -0.2) is 6.54 Å². The van der Waals surface area contributed by atoms with Crippen LogP contribution >= 0.6 is 27.3 Å². The van der Waals surface area contributed by atoms with Gasteiger partial charge in [-0.05, 0) is 53.7 Å². The normalized spacial score (nSPS) is 11.2. The predicted octanol–water partition coefficient (Wildman–Crippen LogP) is 3.92. The van der Waals surface area contributed by atoms with Gasteiger partial charge in [0.25, 0.3) is 0 Å². The molecule has 80 valence electrons. The molecule has 0 unspecified atom stereocenters. The van der Waals surface area contributed by atoms with Crippen molar-refractivity contribution in [2.24, 2.45) is 5.73 Å². The first-order valence-electron chi connectivity index (χ1n) is 5.21. The third kappa shape index (κ3) is 2.81. The minimum Gasteiger partial charge on any atom is -0.330 e. The van der Waals surface area contributed by atoms with Gasteiger partial charge >= 0.3 is 0 Å². The van der Waals surface area contributed by atoms with Gasteiger partial charge in [0, 0.05) is 14.2 Å². The molecule has 0 radical (unpaired) electrons. The molecule has 0 spiro atoms. The third-order valence-corrected chi connectivity index (χ3v) is 4.79. The molecule has 0 aromatic carbocycles. The molecule has 0 amide bonds. The maximum atomic E-state index is 5.55. The smallest absolute Gasteiger partial charge is 0.0320 e. The van der Waals surface area contributed by atoms with Crippen LogP contribution in [0.3, 0.4) is 0 Å². The Bertz CT molecular complexity index is 279. The Balaban J connectivity index is 2.85. The van der Waals surface area contributed by atoms with Crippen molar-refractivity contribution in [2.45, 2.75) is 39.0 Å². The maximum Gasteiger partial charge on any atom is 0.0320 e. The summed E-state index contributed by atoms with van der Waals surface area (Å²) >= 11 is 5.55. The Hall–Kier alpha value is 0.140. The lowest BCUT2D eigenvalue weighted by atomic mass is 10.0. The Morgan fingerprint density at radius 3 is 2.57 bits per heavy atom. The molecule has 14 heavy (non-hydrogen) atoms. The first-order valence-corrected chi connectivity index (χ1v) is 6.82. The van der Waals surface area contributed by atoms with E-state index in [2.05, 4.69) is 35.8 Å². The fraction of sp³-hybridized carbons (Fsp3) is 0.636. The molecule has 0 aliphatic rings. The molecule has 1 heterocycles. The van der Waals surface area contributed by atoms with E-state index in [1.165, 1.54) is 27.1 Å². The Morgan fingerprint density at radius 2 is 2.07 bits per heavy atom. The van der Waals surface area contributed by atoms with E-state index in [9.17, 15) is 0 Å². The summed E-state index contributed by atoms with van der Waals surface area (Å²) in [4.78, 5) is 2.90. The molecule has 0 saturated carbocycles. The van der Waals surface area contributed by atoms with E-state index < -0.39 is 0 Å². The number of thiophene rings is 1. The van der Waals surface area contributed by atoms with E-state index in [4.69, 9.17) is 5.73 Å². The summed E-state index contributed by atoms with van der Waals surface area (Å²) in [5.41, 5.74) is 5.55. The van der Waals surface area contributed by atoms with Gasteiger partial charge < -0.3 is 5.73 Å². The van der Waals surface area contributed by atoms with Crippen LogP contribution in [0.5, 0.6) is 0 Å². The van der Waals surface area contributed by atoms with Crippen LogP contribution in [0.25, 0.3) is 0 Å². The van der Waals surface area contributed by atoms with Gasteiger partial charge in [0.05, 0.1) is 0 Å². The summed E-state index contributed by atoms with van der Waals surface area (Å²) in [7, 11) is 0. The first kappa shape index (κ1) is 12.2. The Morgan fingerprint density at radius 1 is 1.43 bits per heavy atom. The van der Waals surface area contributed by atoms with Crippen molar-refractivity contribution in [3.8, 4) is 0 Å². The molecule has 1 rings (SSSR count). The molecule has 3 heteroatoms. The van der Waals surface area contributed by atoms with E-state index in [1.807, 2.05) is 11.3 Å². The second-order valence-corrected chi connectivity index (χ2v) is 5.50. The number of hydrogen-bond donors (Lipinski definition) is 1. The average Bonchev–Trinajstić information content (AvgIpc) is 2.51. The lowest BCUT2D eigenvalue weighted by Gasteiger charge is -2.10. The molecule has 1 nitrogen and oxygen atoms in total. The minimum atomic E-state index is 0.709. The van der Waals surface area contributed by atoms with Crippen molar-refractivity contribution in [3.05, 3.63) is 20.3 Å². The van der Waals surface area contributed by atoms with Gasteiger partial charge in [0.1, 0.15) is 0 Å². The highest BCUT2D eigenvalue weighted by molar-refractivity contribution is 9.10. The molecule has 0 atom stereocenters. The minimum absolute atomic E-state index is 0.709. The number of hydrogen-bond acceptors (Lipinski definition) is 2. The van der Waals surface area contributed by atoms with Gasteiger partial charge in [-0.25, -0.2) is 0 Å². The van der Waals surface area contributed by atoms with Crippen molar-refractivity contribution in [1.82, 2.24) is 0 Å². The predicted molar refractivity (Wildman–Crippen MR) is 68.1 cm³/mol. The zero-order chi connectivity index (χ0) is 10.6. The van der Waals surface area contributed by atoms with Crippen LogP contribution in [0, 0.1) is 0 Å². The molecule has 0 fully saturated rings. The molecular weight excluding hydrogens is 258 g/mol. The second-order valence-electron chi connectivity index (χ2n) is 3.48. The zero-order valence-electron chi connectivity index (χ0n) is 8.85. The Kier molecular flexibility index (Phi) is 5.13. The molecule has 2 N–H and O–H groups in total. The molecule has 0 aliphatic heterocycles. The van der Waals surface area contributed by atoms with Crippen molar-refractivity contribution >= 4 is 27.3 Å². The summed E-state index contributed by atoms with van der Waals surface area (Å²) < 4.78 is 1.28. The molecule has 0 saturated heterocycles. The van der Waals surface area contributed by atoms with Gasteiger partial charge in [-0.3, -0.25) is 0 Å². The van der Waals surface area contributed by atoms with E-state index in [1.54, 1.807) is 0 Å². The number of rotatable bonds is 5. The topological polar surface area (TPSA) is 26.0 Å². The standard InChI is InChI=1S/C11H18BrNS/c1-3-8(4-2)11-10(12)7-9(14-11)5-6-13/h7-8H,3-6,13H2,1-2H3. The average molecular weight is 276 g/mol. The first-order chi connectivity index (χ1) is 6.72. The maximum absolute atomic E-state index is 5.55. The van der Waals surface area contributed by atoms with Crippen LogP contribution in [-0.2, 0) is 6.42 Å². The fourth-order valence-corrected chi connectivity index (χ4v) is 3.97. The second kappa shape index (κ2) is 5.89. The summed E-state index contributed by atoms with van der Waals surface area (Å²) in [5, 5.41) is 0. The van der Waals surface area contributed by atoms with Gasteiger partial charge in [-0.1, -0.05) is 13.8 Å². The van der Waals surface area contributed by atoms with E-state index in [0.717, 1.165) is 13.0 Å². The van der Waals surface area contributed by atoms with Crippen LogP contribution in [0.1, 0.15) is 42.4 Å². The van der Waals surface area contributed by atoms with Crippen molar-refractivity contribution < 1.29 is 0 Å². The van der Waals surface area contributed by atoms with Crippen LogP contribution < -0.4 is 5.73 Å². The van der Waals surface area contributed by atoms with Crippen LogP contribution in [0.2, 0.25) is 0 Å².